The Kier molecular flexibility index (Phi) is 4.03. The molecule has 0 aliphatic carbocycles. The zero-order valence-electron chi connectivity index (χ0n) is 15.0. The van der Waals surface area contributed by atoms with Crippen LogP contribution < -0.4 is 9.80 Å². The number of fused-ring (bicyclic) bond motifs is 1. The minimum absolute atomic E-state index is 0.239. The number of anilines is 2. The Hall–Kier alpha value is -3.29. The minimum atomic E-state index is -0.429. The smallest absolute Gasteiger partial charge is 0.181 e. The molecule has 1 saturated heterocycles. The molecule has 0 N–H and O–H groups in total. The molecule has 142 valence electrons. The van der Waals surface area contributed by atoms with Gasteiger partial charge in [-0.05, 0) is 43.2 Å². The third kappa shape index (κ3) is 2.81. The summed E-state index contributed by atoms with van der Waals surface area (Å²) in [7, 11) is 0. The zero-order valence-corrected chi connectivity index (χ0v) is 15.0. The largest absolute Gasteiger partial charge is 0.349 e. The third-order valence-electron chi connectivity index (χ3n) is 5.21. The van der Waals surface area contributed by atoms with E-state index in [1.807, 2.05) is 28.1 Å². The molecule has 1 aromatic carbocycles. The maximum atomic E-state index is 14.4. The summed E-state index contributed by atoms with van der Waals surface area (Å²) in [5, 5.41) is 4.36. The lowest BCUT2D eigenvalue weighted by atomic mass is 10.0. The molecule has 0 spiro atoms. The lowest BCUT2D eigenvalue weighted by Gasteiger charge is -2.26. The van der Waals surface area contributed by atoms with Gasteiger partial charge in [0.1, 0.15) is 23.1 Å². The van der Waals surface area contributed by atoms with Gasteiger partial charge < -0.3 is 9.80 Å². The van der Waals surface area contributed by atoms with E-state index in [0.29, 0.717) is 17.8 Å². The number of aliphatic imine (C=N–C) groups is 1. The monoisotopic (exact) mass is 380 g/mol. The Balaban J connectivity index is 1.54. The molecule has 8 heteroatoms. The fourth-order valence-corrected chi connectivity index (χ4v) is 3.89. The average Bonchev–Trinajstić information content (AvgIpc) is 3.37. The fourth-order valence-electron chi connectivity index (χ4n) is 3.89. The highest BCUT2D eigenvalue weighted by Gasteiger charge is 2.30. The van der Waals surface area contributed by atoms with Crippen LogP contribution in [0.4, 0.5) is 20.3 Å². The number of aromatic nitrogens is 3. The summed E-state index contributed by atoms with van der Waals surface area (Å²) in [5.41, 5.74) is 1.92. The van der Waals surface area contributed by atoms with Gasteiger partial charge in [0.15, 0.2) is 5.65 Å². The molecule has 0 unspecified atom stereocenters. The van der Waals surface area contributed by atoms with Gasteiger partial charge >= 0.3 is 0 Å². The van der Waals surface area contributed by atoms with Gasteiger partial charge in [-0.2, -0.15) is 5.10 Å². The highest BCUT2D eigenvalue weighted by atomic mass is 19.1. The number of nitrogens with zero attached hydrogens (tertiary/aromatic N) is 6. The highest BCUT2D eigenvalue weighted by Crippen LogP contribution is 2.37. The molecule has 2 aliphatic rings. The van der Waals surface area contributed by atoms with Gasteiger partial charge in [-0.1, -0.05) is 0 Å². The number of rotatable bonds is 3. The summed E-state index contributed by atoms with van der Waals surface area (Å²) in [4.78, 5) is 13.0. The normalized spacial score (nSPS) is 19.1. The molecule has 2 aliphatic heterocycles. The topological polar surface area (TPSA) is 49.0 Å². The average molecular weight is 380 g/mol. The molecule has 6 nitrogen and oxygen atoms in total. The van der Waals surface area contributed by atoms with E-state index in [-0.39, 0.29) is 11.9 Å². The van der Waals surface area contributed by atoms with Crippen molar-refractivity contribution in [3.8, 4) is 0 Å². The van der Waals surface area contributed by atoms with Gasteiger partial charge in [-0.15, -0.1) is 0 Å². The number of hydrogen-bond donors (Lipinski definition) is 0. The maximum Gasteiger partial charge on any atom is 0.181 e. The lowest BCUT2D eigenvalue weighted by Crippen LogP contribution is -2.25. The van der Waals surface area contributed by atoms with E-state index in [1.165, 1.54) is 12.1 Å². The van der Waals surface area contributed by atoms with Crippen molar-refractivity contribution in [1.82, 2.24) is 14.6 Å². The third-order valence-corrected chi connectivity index (χ3v) is 5.21. The standard InChI is InChI=1S/C20H18F2N6/c21-14-4-5-16(22)15(11-14)17-3-1-9-27(17)19-6-10-28-20(25-19)18(12-24-28)26-8-2-7-23-13-26/h2,4-7,10-13,17H,1,3,8-9H2/t17-/m1/s1. The van der Waals surface area contributed by atoms with Gasteiger partial charge in [-0.3, -0.25) is 0 Å². The van der Waals surface area contributed by atoms with E-state index in [4.69, 9.17) is 4.98 Å². The summed E-state index contributed by atoms with van der Waals surface area (Å²) in [6.07, 6.45) is 10.7. The Morgan fingerprint density at radius 2 is 2.07 bits per heavy atom. The number of halogens is 2. The van der Waals surface area contributed by atoms with Crippen molar-refractivity contribution >= 4 is 23.5 Å². The van der Waals surface area contributed by atoms with Crippen molar-refractivity contribution in [2.75, 3.05) is 22.9 Å². The fraction of sp³-hybridized carbons (Fsp3) is 0.250. The van der Waals surface area contributed by atoms with Crippen molar-refractivity contribution in [3.63, 3.8) is 0 Å². The van der Waals surface area contributed by atoms with Crippen LogP contribution >= 0.6 is 0 Å². The summed E-state index contributed by atoms with van der Waals surface area (Å²) in [5.74, 6) is -0.0900. The van der Waals surface area contributed by atoms with E-state index >= 15 is 0 Å². The van der Waals surface area contributed by atoms with Gasteiger partial charge in [0, 0.05) is 31.0 Å². The maximum absolute atomic E-state index is 14.4. The van der Waals surface area contributed by atoms with Gasteiger partial charge in [0.2, 0.25) is 0 Å². The molecule has 0 amide bonds. The quantitative estimate of drug-likeness (QED) is 0.695. The lowest BCUT2D eigenvalue weighted by molar-refractivity contribution is 0.560. The van der Waals surface area contributed by atoms with Crippen LogP contribution in [0.5, 0.6) is 0 Å². The van der Waals surface area contributed by atoms with Crippen LogP contribution in [0.2, 0.25) is 0 Å². The summed E-state index contributed by atoms with van der Waals surface area (Å²) in [6, 6.07) is 5.25. The molecule has 5 rings (SSSR count). The van der Waals surface area contributed by atoms with E-state index in [9.17, 15) is 8.78 Å². The molecule has 1 atom stereocenters. The molecule has 2 aromatic heterocycles. The number of hydrogen-bond acceptors (Lipinski definition) is 5. The van der Waals surface area contributed by atoms with E-state index in [2.05, 4.69) is 10.1 Å². The summed E-state index contributed by atoms with van der Waals surface area (Å²) < 4.78 is 29.8. The van der Waals surface area contributed by atoms with Crippen LogP contribution in [0.15, 0.2) is 53.9 Å². The van der Waals surface area contributed by atoms with Crippen molar-refractivity contribution in [3.05, 3.63) is 66.1 Å². The van der Waals surface area contributed by atoms with E-state index < -0.39 is 5.82 Å². The van der Waals surface area contributed by atoms with Crippen molar-refractivity contribution in [2.24, 2.45) is 4.99 Å². The first-order valence-corrected chi connectivity index (χ1v) is 9.21. The van der Waals surface area contributed by atoms with Crippen LogP contribution in [0.1, 0.15) is 24.4 Å². The van der Waals surface area contributed by atoms with Crippen molar-refractivity contribution in [2.45, 2.75) is 18.9 Å². The SMILES string of the molecule is Fc1ccc(F)c([C@H]2CCCN2c2ccn3ncc(N4C=NC=CC4)c3n2)c1. The summed E-state index contributed by atoms with van der Waals surface area (Å²) >= 11 is 0. The highest BCUT2D eigenvalue weighted by molar-refractivity contribution is 5.87. The molecule has 1 fully saturated rings. The first kappa shape index (κ1) is 16.9. The van der Waals surface area contributed by atoms with Crippen LogP contribution in [-0.2, 0) is 0 Å². The first-order chi connectivity index (χ1) is 13.7. The Morgan fingerprint density at radius 1 is 1.14 bits per heavy atom. The second-order valence-corrected chi connectivity index (χ2v) is 6.90. The molecular weight excluding hydrogens is 362 g/mol. The van der Waals surface area contributed by atoms with Crippen LogP contribution in [0, 0.1) is 11.6 Å². The zero-order chi connectivity index (χ0) is 19.1. The van der Waals surface area contributed by atoms with Crippen LogP contribution in [0.3, 0.4) is 0 Å². The molecule has 0 radical (unpaired) electrons. The van der Waals surface area contributed by atoms with Crippen molar-refractivity contribution in [1.29, 1.82) is 0 Å². The van der Waals surface area contributed by atoms with Crippen molar-refractivity contribution < 1.29 is 8.78 Å². The minimum Gasteiger partial charge on any atom is -0.349 e. The van der Waals surface area contributed by atoms with Crippen LogP contribution in [0.25, 0.3) is 5.65 Å². The Bertz CT molecular complexity index is 1090. The van der Waals surface area contributed by atoms with Crippen LogP contribution in [-0.4, -0.2) is 34.0 Å². The van der Waals surface area contributed by atoms with Gasteiger partial charge in [0.25, 0.3) is 0 Å². The number of benzene rings is 1. The van der Waals surface area contributed by atoms with E-state index in [1.54, 1.807) is 23.3 Å². The van der Waals surface area contributed by atoms with Gasteiger partial charge in [-0.25, -0.2) is 23.3 Å². The molecule has 28 heavy (non-hydrogen) atoms. The molecule has 4 heterocycles. The van der Waals surface area contributed by atoms with Gasteiger partial charge in [0.05, 0.1) is 18.6 Å². The molecule has 0 bridgehead atoms. The Morgan fingerprint density at radius 3 is 2.93 bits per heavy atom. The van der Waals surface area contributed by atoms with E-state index in [0.717, 1.165) is 37.0 Å². The molecular formula is C20H18F2N6. The Labute approximate surface area is 160 Å². The second kappa shape index (κ2) is 6.70. The second-order valence-electron chi connectivity index (χ2n) is 6.90. The molecule has 3 aromatic rings. The first-order valence-electron chi connectivity index (χ1n) is 9.21. The predicted octanol–water partition coefficient (Wildman–Crippen LogP) is 3.71. The predicted molar refractivity (Wildman–Crippen MR) is 104 cm³/mol. The molecule has 0 saturated carbocycles. The summed E-state index contributed by atoms with van der Waals surface area (Å²) in [6.45, 7) is 1.43.